The van der Waals surface area contributed by atoms with Crippen LogP contribution in [0.25, 0.3) is 4.85 Å². The molecular weight excluding hydrogens is 322 g/mol. The summed E-state index contributed by atoms with van der Waals surface area (Å²) in [5.74, 6) is 1.81. The van der Waals surface area contributed by atoms with E-state index in [-0.39, 0.29) is 10.8 Å². The molecule has 0 aliphatic heterocycles. The Morgan fingerprint density at radius 2 is 2.00 bits per heavy atom. The SMILES string of the molecule is [C-]#[N+]C(C)=C1CC[C@H]2[C@@H]3CC=C4C=C(OC)CC[C@]4(C)[C@@]3(O)CC[C@]12C. The maximum Gasteiger partial charge on any atom is 0.162 e. The van der Waals surface area contributed by atoms with Crippen molar-refractivity contribution in [2.75, 3.05) is 7.11 Å². The molecule has 3 nitrogen and oxygen atoms in total. The van der Waals surface area contributed by atoms with Gasteiger partial charge in [0.25, 0.3) is 0 Å². The zero-order valence-corrected chi connectivity index (χ0v) is 16.6. The third-order valence-corrected chi connectivity index (χ3v) is 8.58. The number of allylic oxidation sites excluding steroid dienone is 5. The van der Waals surface area contributed by atoms with Crippen LogP contribution >= 0.6 is 0 Å². The number of hydrogen-bond acceptors (Lipinski definition) is 2. The van der Waals surface area contributed by atoms with Crippen molar-refractivity contribution in [1.29, 1.82) is 0 Å². The Kier molecular flexibility index (Phi) is 3.94. The highest BCUT2D eigenvalue weighted by Crippen LogP contribution is 2.67. The number of ether oxygens (including phenoxy) is 1. The molecule has 0 unspecified atom stereocenters. The smallest absolute Gasteiger partial charge is 0.162 e. The van der Waals surface area contributed by atoms with Crippen LogP contribution in [-0.4, -0.2) is 17.8 Å². The molecule has 0 spiro atoms. The van der Waals surface area contributed by atoms with Gasteiger partial charge in [0.1, 0.15) is 0 Å². The van der Waals surface area contributed by atoms with Crippen molar-refractivity contribution in [2.24, 2.45) is 22.7 Å². The lowest BCUT2D eigenvalue weighted by atomic mass is 9.46. The zero-order chi connectivity index (χ0) is 18.7. The molecule has 2 fully saturated rings. The molecule has 0 aromatic carbocycles. The lowest BCUT2D eigenvalue weighted by Gasteiger charge is -2.61. The summed E-state index contributed by atoms with van der Waals surface area (Å²) in [5.41, 5.74) is 2.80. The third kappa shape index (κ3) is 2.09. The van der Waals surface area contributed by atoms with Crippen LogP contribution in [0.5, 0.6) is 0 Å². The molecule has 2 saturated carbocycles. The summed E-state index contributed by atoms with van der Waals surface area (Å²) in [6, 6.07) is 0. The van der Waals surface area contributed by atoms with E-state index in [2.05, 4.69) is 30.8 Å². The second-order valence-electron chi connectivity index (χ2n) is 9.31. The maximum atomic E-state index is 12.1. The van der Waals surface area contributed by atoms with Crippen LogP contribution < -0.4 is 0 Å². The van der Waals surface area contributed by atoms with Gasteiger partial charge in [-0.25, -0.2) is 4.85 Å². The van der Waals surface area contributed by atoms with E-state index in [1.54, 1.807) is 7.11 Å². The van der Waals surface area contributed by atoms with Gasteiger partial charge in [0.15, 0.2) is 5.70 Å². The normalized spacial score (nSPS) is 46.2. The minimum absolute atomic E-state index is 0.0927. The summed E-state index contributed by atoms with van der Waals surface area (Å²) in [7, 11) is 1.74. The highest BCUT2D eigenvalue weighted by Gasteiger charge is 2.64. The van der Waals surface area contributed by atoms with Crippen LogP contribution in [0.4, 0.5) is 0 Å². The van der Waals surface area contributed by atoms with Gasteiger partial charge < -0.3 is 9.84 Å². The minimum Gasteiger partial charge on any atom is -0.501 e. The van der Waals surface area contributed by atoms with E-state index in [1.807, 2.05) is 6.92 Å². The van der Waals surface area contributed by atoms with Gasteiger partial charge in [-0.1, -0.05) is 25.5 Å². The number of hydrogen-bond donors (Lipinski definition) is 1. The molecule has 4 aliphatic carbocycles. The van der Waals surface area contributed by atoms with Gasteiger partial charge in [-0.3, -0.25) is 0 Å². The number of aliphatic hydroxyl groups is 1. The molecule has 0 heterocycles. The van der Waals surface area contributed by atoms with Crippen molar-refractivity contribution in [3.63, 3.8) is 0 Å². The van der Waals surface area contributed by atoms with Crippen molar-refractivity contribution >= 4 is 0 Å². The molecule has 0 aromatic heterocycles. The Labute approximate surface area is 157 Å². The second kappa shape index (κ2) is 5.73. The summed E-state index contributed by atoms with van der Waals surface area (Å²) in [6.07, 6.45) is 11.3. The molecule has 4 aliphatic rings. The number of rotatable bonds is 1. The van der Waals surface area contributed by atoms with E-state index < -0.39 is 5.60 Å². The van der Waals surface area contributed by atoms with Gasteiger partial charge in [0, 0.05) is 11.8 Å². The fourth-order valence-electron chi connectivity index (χ4n) is 6.87. The predicted molar refractivity (Wildman–Crippen MR) is 103 cm³/mol. The molecule has 0 saturated heterocycles. The first-order valence-electron chi connectivity index (χ1n) is 10.1. The fraction of sp³-hybridized carbons (Fsp3) is 0.696. The molecular formula is C23H31NO2. The van der Waals surface area contributed by atoms with Crippen LogP contribution in [0, 0.1) is 29.2 Å². The summed E-state index contributed by atoms with van der Waals surface area (Å²) in [4.78, 5) is 3.76. The summed E-state index contributed by atoms with van der Waals surface area (Å²) in [5, 5.41) is 12.1. The molecule has 3 heteroatoms. The molecule has 0 aromatic rings. The summed E-state index contributed by atoms with van der Waals surface area (Å²) in [6.45, 7) is 14.1. The average molecular weight is 354 g/mol. The fourth-order valence-corrected chi connectivity index (χ4v) is 6.87. The van der Waals surface area contributed by atoms with E-state index in [0.717, 1.165) is 56.4 Å². The predicted octanol–water partition coefficient (Wildman–Crippen LogP) is 5.40. The Morgan fingerprint density at radius 1 is 1.23 bits per heavy atom. The van der Waals surface area contributed by atoms with Crippen molar-refractivity contribution in [3.8, 4) is 0 Å². The van der Waals surface area contributed by atoms with Crippen molar-refractivity contribution in [3.05, 3.63) is 46.2 Å². The van der Waals surface area contributed by atoms with E-state index in [0.29, 0.717) is 11.8 Å². The van der Waals surface area contributed by atoms with Crippen LogP contribution in [0.2, 0.25) is 0 Å². The largest absolute Gasteiger partial charge is 0.501 e. The van der Waals surface area contributed by atoms with E-state index in [4.69, 9.17) is 11.3 Å². The average Bonchev–Trinajstić information content (AvgIpc) is 2.98. The molecule has 4 rings (SSSR count). The van der Waals surface area contributed by atoms with E-state index in [1.165, 1.54) is 11.1 Å². The lowest BCUT2D eigenvalue weighted by Crippen LogP contribution is -2.61. The van der Waals surface area contributed by atoms with Gasteiger partial charge in [0.05, 0.1) is 25.0 Å². The van der Waals surface area contributed by atoms with Crippen molar-refractivity contribution < 1.29 is 9.84 Å². The highest BCUT2D eigenvalue weighted by molar-refractivity contribution is 5.41. The number of methoxy groups -OCH3 is 1. The third-order valence-electron chi connectivity index (χ3n) is 8.58. The van der Waals surface area contributed by atoms with Crippen LogP contribution in [0.15, 0.2) is 34.8 Å². The Hall–Kier alpha value is -1.53. The Bertz CT molecular complexity index is 770. The Balaban J connectivity index is 1.77. The van der Waals surface area contributed by atoms with Crippen LogP contribution in [-0.2, 0) is 4.74 Å². The standard InChI is InChI=1S/C23H31NO2/c1-15(24-4)18-8-9-19-20-7-6-16-14-17(26-5)10-11-22(16,3)23(20,25)13-12-21(18,19)2/h6,14,19-20,25H,7-13H2,1-3,5H3/t19-,20-,21+,22-,23+/m0/s1. The molecule has 0 radical (unpaired) electrons. The van der Waals surface area contributed by atoms with Gasteiger partial charge in [-0.05, 0) is 74.3 Å². The van der Waals surface area contributed by atoms with Crippen molar-refractivity contribution in [2.45, 2.75) is 71.3 Å². The number of nitrogens with zero attached hydrogens (tertiary/aromatic N) is 1. The topological polar surface area (TPSA) is 33.8 Å². The molecule has 0 amide bonds. The van der Waals surface area contributed by atoms with Crippen LogP contribution in [0.1, 0.15) is 65.7 Å². The summed E-state index contributed by atoms with van der Waals surface area (Å²) < 4.78 is 5.50. The Morgan fingerprint density at radius 3 is 2.69 bits per heavy atom. The lowest BCUT2D eigenvalue weighted by molar-refractivity contribution is -0.172. The molecule has 26 heavy (non-hydrogen) atoms. The van der Waals surface area contributed by atoms with E-state index in [9.17, 15) is 5.11 Å². The first kappa shape index (κ1) is 17.9. The maximum absolute atomic E-state index is 12.1. The van der Waals surface area contributed by atoms with Gasteiger partial charge in [-0.15, -0.1) is 0 Å². The second-order valence-corrected chi connectivity index (χ2v) is 9.31. The molecule has 140 valence electrons. The minimum atomic E-state index is -0.640. The molecule has 1 N–H and O–H groups in total. The van der Waals surface area contributed by atoms with Gasteiger partial charge in [-0.2, -0.15) is 0 Å². The first-order valence-corrected chi connectivity index (χ1v) is 10.1. The monoisotopic (exact) mass is 353 g/mol. The summed E-state index contributed by atoms with van der Waals surface area (Å²) >= 11 is 0. The van der Waals surface area contributed by atoms with Crippen molar-refractivity contribution in [1.82, 2.24) is 0 Å². The van der Waals surface area contributed by atoms with Gasteiger partial charge >= 0.3 is 0 Å². The first-order chi connectivity index (χ1) is 12.3. The molecule has 0 bridgehead atoms. The van der Waals surface area contributed by atoms with Crippen LogP contribution in [0.3, 0.4) is 0 Å². The van der Waals surface area contributed by atoms with Gasteiger partial charge in [0.2, 0.25) is 0 Å². The molecule has 5 atom stereocenters. The number of fused-ring (bicyclic) bond motifs is 5. The van der Waals surface area contributed by atoms with E-state index >= 15 is 0 Å². The quantitative estimate of drug-likeness (QED) is 0.641. The highest BCUT2D eigenvalue weighted by atomic mass is 16.5. The zero-order valence-electron chi connectivity index (χ0n) is 16.6.